The molecule has 10 heteroatoms. The van der Waals surface area contributed by atoms with Crippen molar-refractivity contribution in [1.82, 2.24) is 34.9 Å². The maximum absolute atomic E-state index is 4.39. The molecule has 3 heterocycles. The van der Waals surface area contributed by atoms with E-state index in [9.17, 15) is 0 Å². The van der Waals surface area contributed by atoms with Crippen LogP contribution in [0.1, 0.15) is 12.7 Å². The Morgan fingerprint density at radius 3 is 2.56 bits per heavy atom. The molecule has 2 aromatic rings. The van der Waals surface area contributed by atoms with Crippen LogP contribution in [0.15, 0.2) is 29.8 Å². The zero-order valence-corrected chi connectivity index (χ0v) is 16.9. The topological polar surface area (TPSA) is 87.4 Å². The molecule has 0 aromatic carbocycles. The zero-order chi connectivity index (χ0) is 16.8. The highest BCUT2D eigenvalue weighted by Crippen LogP contribution is 2.09. The molecule has 1 aliphatic heterocycles. The van der Waals surface area contributed by atoms with E-state index in [0.29, 0.717) is 6.54 Å². The van der Waals surface area contributed by atoms with Crippen molar-refractivity contribution in [1.29, 1.82) is 0 Å². The molecule has 0 bridgehead atoms. The molecule has 0 saturated carbocycles. The van der Waals surface area contributed by atoms with Gasteiger partial charge in [0.05, 0.1) is 6.54 Å². The summed E-state index contributed by atoms with van der Waals surface area (Å²) in [5.41, 5.74) is 0. The molecule has 0 aliphatic carbocycles. The van der Waals surface area contributed by atoms with Crippen molar-refractivity contribution in [2.45, 2.75) is 20.0 Å². The zero-order valence-electron chi connectivity index (χ0n) is 14.5. The molecule has 0 amide bonds. The molecule has 1 saturated heterocycles. The fraction of sp³-hybridized carbons (Fsp3) is 0.533. The van der Waals surface area contributed by atoms with Gasteiger partial charge < -0.3 is 19.7 Å². The number of guanidine groups is 1. The lowest BCUT2D eigenvalue weighted by Crippen LogP contribution is -2.52. The molecule has 0 atom stereocenters. The third kappa shape index (κ3) is 4.77. The predicted molar refractivity (Wildman–Crippen MR) is 107 cm³/mol. The molecule has 0 spiro atoms. The Bertz CT molecular complexity index is 665. The average molecular weight is 457 g/mol. The summed E-state index contributed by atoms with van der Waals surface area (Å²) in [7, 11) is 1.81. The van der Waals surface area contributed by atoms with Crippen molar-refractivity contribution in [3.8, 4) is 0 Å². The van der Waals surface area contributed by atoms with Crippen LogP contribution in [0.2, 0.25) is 0 Å². The largest absolute Gasteiger partial charge is 0.349 e. The number of halogens is 1. The SMILES string of the molecule is CCn1cnnc1CNC(=NC)N1CCN(c2ncccn2)CC1.I. The number of hydrogen-bond donors (Lipinski definition) is 1. The number of nitrogens with zero attached hydrogens (tertiary/aromatic N) is 8. The second-order valence-corrected chi connectivity index (χ2v) is 5.46. The molecule has 0 radical (unpaired) electrons. The van der Waals surface area contributed by atoms with Gasteiger partial charge in [-0.2, -0.15) is 0 Å². The van der Waals surface area contributed by atoms with Crippen molar-refractivity contribution in [2.75, 3.05) is 38.1 Å². The lowest BCUT2D eigenvalue weighted by Gasteiger charge is -2.36. The van der Waals surface area contributed by atoms with Gasteiger partial charge in [0.25, 0.3) is 0 Å². The molecule has 1 N–H and O–H groups in total. The molecule has 136 valence electrons. The summed E-state index contributed by atoms with van der Waals surface area (Å²) in [5.74, 6) is 2.58. The van der Waals surface area contributed by atoms with Gasteiger partial charge in [0.15, 0.2) is 11.8 Å². The molecule has 9 nitrogen and oxygen atoms in total. The summed E-state index contributed by atoms with van der Waals surface area (Å²) < 4.78 is 2.02. The summed E-state index contributed by atoms with van der Waals surface area (Å²) in [6.45, 7) is 7.04. The van der Waals surface area contributed by atoms with Gasteiger partial charge in [0.1, 0.15) is 6.33 Å². The molecule has 2 aromatic heterocycles. The van der Waals surface area contributed by atoms with Crippen molar-refractivity contribution < 1.29 is 0 Å². The highest BCUT2D eigenvalue weighted by Gasteiger charge is 2.21. The fourth-order valence-corrected chi connectivity index (χ4v) is 2.74. The van der Waals surface area contributed by atoms with E-state index in [1.807, 2.05) is 10.6 Å². The number of anilines is 1. The normalized spacial score (nSPS) is 15.0. The smallest absolute Gasteiger partial charge is 0.225 e. The first kappa shape index (κ1) is 19.3. The Labute approximate surface area is 164 Å². The van der Waals surface area contributed by atoms with E-state index in [4.69, 9.17) is 0 Å². The van der Waals surface area contributed by atoms with E-state index >= 15 is 0 Å². The first-order valence-corrected chi connectivity index (χ1v) is 8.16. The van der Waals surface area contributed by atoms with E-state index in [2.05, 4.69) is 47.2 Å². The van der Waals surface area contributed by atoms with Gasteiger partial charge in [-0.3, -0.25) is 4.99 Å². The number of aliphatic imine (C=N–C) groups is 1. The molecular weight excluding hydrogens is 433 g/mol. The Kier molecular flexibility index (Phi) is 7.34. The van der Waals surface area contributed by atoms with Gasteiger partial charge in [-0.25, -0.2) is 9.97 Å². The lowest BCUT2D eigenvalue weighted by molar-refractivity contribution is 0.369. The van der Waals surface area contributed by atoms with Crippen LogP contribution < -0.4 is 10.2 Å². The van der Waals surface area contributed by atoms with E-state index in [0.717, 1.165) is 50.5 Å². The van der Waals surface area contributed by atoms with E-state index in [1.54, 1.807) is 25.8 Å². The van der Waals surface area contributed by atoms with Gasteiger partial charge in [0, 0.05) is 52.2 Å². The van der Waals surface area contributed by atoms with Crippen molar-refractivity contribution in [3.63, 3.8) is 0 Å². The van der Waals surface area contributed by atoms with Gasteiger partial charge in [-0.05, 0) is 13.0 Å². The standard InChI is InChI=1S/C15H23N9.HI/c1-3-22-12-20-21-13(22)11-19-14(16-2)23-7-9-24(10-8-23)15-17-5-4-6-18-15;/h4-6,12H,3,7-11H2,1-2H3,(H,16,19);1H. The van der Waals surface area contributed by atoms with Crippen LogP contribution in [0.4, 0.5) is 5.95 Å². The second-order valence-electron chi connectivity index (χ2n) is 5.46. The van der Waals surface area contributed by atoms with Crippen molar-refractivity contribution in [3.05, 3.63) is 30.6 Å². The maximum atomic E-state index is 4.39. The summed E-state index contributed by atoms with van der Waals surface area (Å²) in [5, 5.41) is 11.5. The van der Waals surface area contributed by atoms with Gasteiger partial charge in [0.2, 0.25) is 5.95 Å². The third-order valence-corrected chi connectivity index (χ3v) is 4.07. The summed E-state index contributed by atoms with van der Waals surface area (Å²) in [4.78, 5) is 17.5. The molecule has 3 rings (SSSR count). The molecule has 0 unspecified atom stereocenters. The quantitative estimate of drug-likeness (QED) is 0.409. The summed E-state index contributed by atoms with van der Waals surface area (Å²) in [6.07, 6.45) is 5.30. The van der Waals surface area contributed by atoms with Crippen LogP contribution in [-0.2, 0) is 13.1 Å². The number of rotatable bonds is 4. The predicted octanol–water partition coefficient (Wildman–Crippen LogP) is 0.604. The minimum absolute atomic E-state index is 0. The van der Waals surface area contributed by atoms with Crippen molar-refractivity contribution in [2.24, 2.45) is 4.99 Å². The van der Waals surface area contributed by atoms with E-state index in [1.165, 1.54) is 0 Å². The highest BCUT2D eigenvalue weighted by molar-refractivity contribution is 14.0. The Morgan fingerprint density at radius 1 is 1.20 bits per heavy atom. The van der Waals surface area contributed by atoms with Gasteiger partial charge in [-0.15, -0.1) is 34.2 Å². The number of hydrogen-bond acceptors (Lipinski definition) is 6. The molecule has 1 fully saturated rings. The summed E-state index contributed by atoms with van der Waals surface area (Å²) in [6, 6.07) is 1.83. The Balaban J connectivity index is 0.00000225. The number of nitrogens with one attached hydrogen (secondary N) is 1. The third-order valence-electron chi connectivity index (χ3n) is 4.07. The van der Waals surface area contributed by atoms with Crippen molar-refractivity contribution >= 4 is 35.9 Å². The maximum Gasteiger partial charge on any atom is 0.225 e. The molecule has 1 aliphatic rings. The average Bonchev–Trinajstić information content (AvgIpc) is 3.11. The minimum atomic E-state index is 0. The number of aromatic nitrogens is 5. The van der Waals surface area contributed by atoms with E-state index < -0.39 is 0 Å². The Morgan fingerprint density at radius 2 is 1.92 bits per heavy atom. The molecule has 25 heavy (non-hydrogen) atoms. The number of aryl methyl sites for hydroxylation is 1. The lowest BCUT2D eigenvalue weighted by atomic mass is 10.3. The van der Waals surface area contributed by atoms with Gasteiger partial charge >= 0.3 is 0 Å². The monoisotopic (exact) mass is 457 g/mol. The fourth-order valence-electron chi connectivity index (χ4n) is 2.74. The summed E-state index contributed by atoms with van der Waals surface area (Å²) >= 11 is 0. The molecular formula is C15H24IN9. The Hall–Kier alpha value is -1.98. The minimum Gasteiger partial charge on any atom is -0.349 e. The highest BCUT2D eigenvalue weighted by atomic mass is 127. The first-order chi connectivity index (χ1) is 11.8. The second kappa shape index (κ2) is 9.49. The van der Waals surface area contributed by atoms with E-state index in [-0.39, 0.29) is 24.0 Å². The van der Waals surface area contributed by atoms with Crippen LogP contribution in [0.5, 0.6) is 0 Å². The first-order valence-electron chi connectivity index (χ1n) is 8.16. The van der Waals surface area contributed by atoms with Gasteiger partial charge in [-0.1, -0.05) is 0 Å². The van der Waals surface area contributed by atoms with Crippen LogP contribution in [0.25, 0.3) is 0 Å². The van der Waals surface area contributed by atoms with Crippen LogP contribution in [-0.4, -0.2) is 68.8 Å². The van der Waals surface area contributed by atoms with Crippen LogP contribution in [0, 0.1) is 0 Å². The van der Waals surface area contributed by atoms with Crippen LogP contribution >= 0.6 is 24.0 Å². The number of piperazine rings is 1. The van der Waals surface area contributed by atoms with Crippen LogP contribution in [0.3, 0.4) is 0 Å².